The summed E-state index contributed by atoms with van der Waals surface area (Å²) in [6, 6.07) is 3.82. The van der Waals surface area contributed by atoms with Crippen molar-refractivity contribution in [3.63, 3.8) is 0 Å². The molecular formula is C13H19N9. The van der Waals surface area contributed by atoms with Crippen molar-refractivity contribution in [1.29, 1.82) is 0 Å². The third-order valence-corrected chi connectivity index (χ3v) is 3.62. The van der Waals surface area contributed by atoms with Crippen LogP contribution in [0.25, 0.3) is 0 Å². The Hall–Kier alpha value is -2.68. The van der Waals surface area contributed by atoms with E-state index in [0.29, 0.717) is 17.2 Å². The summed E-state index contributed by atoms with van der Waals surface area (Å²) in [5, 5.41) is 14.4. The van der Waals surface area contributed by atoms with Gasteiger partial charge in [-0.25, -0.2) is 4.98 Å². The summed E-state index contributed by atoms with van der Waals surface area (Å²) in [5.74, 6) is 1.47. The minimum Gasteiger partial charge on any atom is -0.382 e. The first-order valence-electron chi connectivity index (χ1n) is 7.04. The van der Waals surface area contributed by atoms with Crippen LogP contribution in [0.4, 0.5) is 28.8 Å². The first kappa shape index (κ1) is 14.3. The molecule has 5 N–H and O–H groups in total. The normalized spacial score (nSPS) is 16.5. The molecule has 0 bridgehead atoms. The third kappa shape index (κ3) is 2.98. The van der Waals surface area contributed by atoms with Crippen LogP contribution in [0.15, 0.2) is 28.6 Å². The molecule has 0 radical (unpaired) electrons. The van der Waals surface area contributed by atoms with E-state index in [1.807, 2.05) is 12.1 Å². The van der Waals surface area contributed by atoms with E-state index in [4.69, 9.17) is 11.5 Å². The molecule has 0 atom stereocenters. The molecule has 0 unspecified atom stereocenters. The van der Waals surface area contributed by atoms with Crippen molar-refractivity contribution in [2.75, 3.05) is 49.6 Å². The fourth-order valence-electron chi connectivity index (χ4n) is 2.24. The Labute approximate surface area is 128 Å². The summed E-state index contributed by atoms with van der Waals surface area (Å²) in [5.41, 5.74) is 12.3. The van der Waals surface area contributed by atoms with Crippen LogP contribution in [-0.4, -0.2) is 53.3 Å². The van der Waals surface area contributed by atoms with Crippen LogP contribution < -0.4 is 16.4 Å². The molecule has 0 aromatic carbocycles. The molecule has 3 heterocycles. The average molecular weight is 301 g/mol. The predicted octanol–water partition coefficient (Wildman–Crippen LogP) is 1.14. The van der Waals surface area contributed by atoms with Crippen LogP contribution >= 0.6 is 0 Å². The number of rotatable bonds is 3. The summed E-state index contributed by atoms with van der Waals surface area (Å²) in [7, 11) is 2.13. The highest BCUT2D eigenvalue weighted by Gasteiger charge is 2.14. The lowest BCUT2D eigenvalue weighted by molar-refractivity contribution is 0.312. The number of H-pyrrole nitrogens is 1. The fourth-order valence-corrected chi connectivity index (χ4v) is 2.24. The number of piperazine rings is 1. The van der Waals surface area contributed by atoms with Gasteiger partial charge in [-0.15, -0.1) is 10.2 Å². The van der Waals surface area contributed by atoms with Gasteiger partial charge < -0.3 is 21.3 Å². The van der Waals surface area contributed by atoms with Gasteiger partial charge in [-0.2, -0.15) is 5.10 Å². The molecule has 0 amide bonds. The number of anilines is 3. The molecule has 1 aliphatic heterocycles. The van der Waals surface area contributed by atoms with Crippen LogP contribution in [0.3, 0.4) is 0 Å². The van der Waals surface area contributed by atoms with Crippen LogP contribution in [0.2, 0.25) is 0 Å². The molecule has 1 saturated heterocycles. The fraction of sp³-hybridized carbons (Fsp3) is 0.385. The molecule has 0 saturated carbocycles. The molecule has 1 fully saturated rings. The summed E-state index contributed by atoms with van der Waals surface area (Å²) < 4.78 is 0. The molecule has 116 valence electrons. The van der Waals surface area contributed by atoms with Crippen molar-refractivity contribution in [1.82, 2.24) is 20.1 Å². The first-order chi connectivity index (χ1) is 10.6. The Morgan fingerprint density at radius 1 is 1.14 bits per heavy atom. The van der Waals surface area contributed by atoms with Gasteiger partial charge in [-0.3, -0.25) is 5.10 Å². The van der Waals surface area contributed by atoms with Gasteiger partial charge >= 0.3 is 0 Å². The van der Waals surface area contributed by atoms with Crippen molar-refractivity contribution in [2.45, 2.75) is 0 Å². The zero-order chi connectivity index (χ0) is 15.5. The number of nitrogens with two attached hydrogens (primary N) is 2. The van der Waals surface area contributed by atoms with Gasteiger partial charge in [-0.1, -0.05) is 0 Å². The second-order valence-electron chi connectivity index (χ2n) is 5.24. The molecule has 2 aromatic heterocycles. The lowest BCUT2D eigenvalue weighted by atomic mass is 10.3. The predicted molar refractivity (Wildman–Crippen MR) is 85.5 cm³/mol. The number of nitrogens with zero attached hydrogens (tertiary/aromatic N) is 6. The number of hydrogen-bond donors (Lipinski definition) is 3. The maximum absolute atomic E-state index is 5.66. The lowest BCUT2D eigenvalue weighted by Gasteiger charge is -2.33. The van der Waals surface area contributed by atoms with E-state index in [1.165, 1.54) is 0 Å². The number of hydrogen-bond acceptors (Lipinski definition) is 8. The third-order valence-electron chi connectivity index (χ3n) is 3.62. The Morgan fingerprint density at radius 3 is 2.50 bits per heavy atom. The molecule has 9 heteroatoms. The Morgan fingerprint density at radius 2 is 1.91 bits per heavy atom. The molecule has 0 aliphatic carbocycles. The highest BCUT2D eigenvalue weighted by molar-refractivity contribution is 5.70. The van der Waals surface area contributed by atoms with Crippen LogP contribution in [0.1, 0.15) is 0 Å². The van der Waals surface area contributed by atoms with Gasteiger partial charge in [0.1, 0.15) is 17.3 Å². The molecular weight excluding hydrogens is 282 g/mol. The van der Waals surface area contributed by atoms with Gasteiger partial charge in [0, 0.05) is 26.2 Å². The van der Waals surface area contributed by atoms with Gasteiger partial charge in [0.25, 0.3) is 0 Å². The van der Waals surface area contributed by atoms with E-state index in [-0.39, 0.29) is 5.82 Å². The van der Waals surface area contributed by atoms with E-state index in [2.05, 4.69) is 42.3 Å². The maximum Gasteiger partial charge on any atom is 0.175 e. The summed E-state index contributed by atoms with van der Waals surface area (Å²) >= 11 is 0. The monoisotopic (exact) mass is 301 g/mol. The van der Waals surface area contributed by atoms with Crippen LogP contribution in [-0.2, 0) is 0 Å². The molecule has 9 nitrogen and oxygen atoms in total. The van der Waals surface area contributed by atoms with Crippen LogP contribution in [0.5, 0.6) is 0 Å². The van der Waals surface area contributed by atoms with E-state index in [9.17, 15) is 0 Å². The van der Waals surface area contributed by atoms with Crippen molar-refractivity contribution >= 4 is 28.8 Å². The Bertz CT molecular complexity index is 633. The molecule has 0 spiro atoms. The minimum atomic E-state index is 0.225. The molecule has 1 aliphatic rings. The number of aromatic amines is 1. The van der Waals surface area contributed by atoms with E-state index >= 15 is 0 Å². The summed E-state index contributed by atoms with van der Waals surface area (Å²) in [6.45, 7) is 4.04. The van der Waals surface area contributed by atoms with E-state index in [1.54, 1.807) is 6.20 Å². The van der Waals surface area contributed by atoms with Crippen LogP contribution in [0, 0.1) is 0 Å². The quantitative estimate of drug-likeness (QED) is 0.730. The smallest absolute Gasteiger partial charge is 0.175 e. The zero-order valence-corrected chi connectivity index (χ0v) is 12.4. The van der Waals surface area contributed by atoms with Crippen molar-refractivity contribution < 1.29 is 0 Å². The Kier molecular flexibility index (Phi) is 3.88. The molecule has 2 aromatic rings. The number of aromatic nitrogens is 3. The summed E-state index contributed by atoms with van der Waals surface area (Å²) in [6.07, 6.45) is 1.68. The number of nitrogen functional groups attached to an aromatic ring is 2. The van der Waals surface area contributed by atoms with Crippen molar-refractivity contribution in [3.05, 3.63) is 18.3 Å². The van der Waals surface area contributed by atoms with Gasteiger partial charge in [0.05, 0.1) is 6.20 Å². The highest BCUT2D eigenvalue weighted by atomic mass is 15.3. The maximum atomic E-state index is 5.66. The number of likely N-dealkylation sites (N-methyl/N-ethyl adjacent to an activating group) is 1. The minimum absolute atomic E-state index is 0.225. The highest BCUT2D eigenvalue weighted by Crippen LogP contribution is 2.28. The lowest BCUT2D eigenvalue weighted by Crippen LogP contribution is -2.44. The largest absolute Gasteiger partial charge is 0.382 e. The zero-order valence-electron chi connectivity index (χ0n) is 12.4. The van der Waals surface area contributed by atoms with Gasteiger partial charge in [0.2, 0.25) is 0 Å². The first-order valence-corrected chi connectivity index (χ1v) is 7.04. The summed E-state index contributed by atoms with van der Waals surface area (Å²) in [4.78, 5) is 9.00. The number of azo groups is 1. The molecule has 22 heavy (non-hydrogen) atoms. The van der Waals surface area contributed by atoms with Crippen molar-refractivity contribution in [2.24, 2.45) is 10.2 Å². The Balaban J connectivity index is 1.69. The SMILES string of the molecule is CN1CCN(c2ccc(N=Nc3c(N)n[nH]c3N)cn2)CC1. The topological polar surface area (TPSA) is 125 Å². The van der Waals surface area contributed by atoms with E-state index in [0.717, 1.165) is 32.0 Å². The molecule has 3 rings (SSSR count). The van der Waals surface area contributed by atoms with Gasteiger partial charge in [0.15, 0.2) is 11.5 Å². The number of pyridine rings is 1. The van der Waals surface area contributed by atoms with E-state index < -0.39 is 0 Å². The van der Waals surface area contributed by atoms with Gasteiger partial charge in [-0.05, 0) is 19.2 Å². The number of nitrogens with one attached hydrogen (secondary N) is 1. The standard InChI is InChI=1S/C13H19N9/c1-21-4-6-22(7-5-21)10-3-2-9(8-16-10)17-18-11-12(14)19-20-13(11)15/h2-3,8H,4-7H2,1H3,(H5,14,15,19,20). The van der Waals surface area contributed by atoms with Crippen molar-refractivity contribution in [3.8, 4) is 0 Å². The second-order valence-corrected chi connectivity index (χ2v) is 5.24. The second kappa shape index (κ2) is 5.98. The average Bonchev–Trinajstić information content (AvgIpc) is 2.85.